The van der Waals surface area contributed by atoms with Gasteiger partial charge >= 0.3 is 0 Å². The van der Waals surface area contributed by atoms with E-state index in [1.54, 1.807) is 0 Å². The van der Waals surface area contributed by atoms with Gasteiger partial charge in [0.05, 0.1) is 0 Å². The highest BCUT2D eigenvalue weighted by atomic mass is 16.1. The van der Waals surface area contributed by atoms with Crippen molar-refractivity contribution in [3.8, 4) is 0 Å². The van der Waals surface area contributed by atoms with Crippen LogP contribution in [0.3, 0.4) is 0 Å². The first-order chi connectivity index (χ1) is 9.67. The average Bonchev–Trinajstić information content (AvgIpc) is 2.44. The molecule has 0 aromatic carbocycles. The van der Waals surface area contributed by atoms with Crippen LogP contribution >= 0.6 is 0 Å². The molecule has 1 saturated carbocycles. The molecule has 1 fully saturated rings. The van der Waals surface area contributed by atoms with E-state index >= 15 is 0 Å². The Kier molecular flexibility index (Phi) is 8.92. The quantitative estimate of drug-likeness (QED) is 0.635. The van der Waals surface area contributed by atoms with Crippen LogP contribution in [0, 0.1) is 11.8 Å². The molecule has 3 heteroatoms. The lowest BCUT2D eigenvalue weighted by atomic mass is 9.79. The maximum atomic E-state index is 12.3. The molecular formula is C17H34N2O. The first-order valence-corrected chi connectivity index (χ1v) is 8.67. The molecular weight excluding hydrogens is 248 g/mol. The first-order valence-electron chi connectivity index (χ1n) is 8.67. The summed E-state index contributed by atoms with van der Waals surface area (Å²) in [6.07, 6.45) is 11.9. The van der Waals surface area contributed by atoms with Crippen LogP contribution < -0.4 is 11.1 Å². The minimum atomic E-state index is 0.235. The summed E-state index contributed by atoms with van der Waals surface area (Å²) in [5.41, 5.74) is 5.64. The maximum Gasteiger partial charge on any atom is 0.223 e. The summed E-state index contributed by atoms with van der Waals surface area (Å²) in [6.45, 7) is 5.13. The highest BCUT2D eigenvalue weighted by Gasteiger charge is 2.27. The highest BCUT2D eigenvalue weighted by molar-refractivity contribution is 5.79. The molecule has 0 bridgehead atoms. The van der Waals surface area contributed by atoms with Gasteiger partial charge in [0, 0.05) is 12.0 Å². The van der Waals surface area contributed by atoms with Gasteiger partial charge in [-0.25, -0.2) is 0 Å². The van der Waals surface area contributed by atoms with E-state index in [2.05, 4.69) is 19.2 Å². The number of nitrogens with one attached hydrogen (secondary N) is 1. The van der Waals surface area contributed by atoms with E-state index in [1.165, 1.54) is 38.5 Å². The van der Waals surface area contributed by atoms with Crippen molar-refractivity contribution in [1.82, 2.24) is 5.32 Å². The largest absolute Gasteiger partial charge is 0.353 e. The molecule has 0 radical (unpaired) electrons. The summed E-state index contributed by atoms with van der Waals surface area (Å²) in [5.74, 6) is 1.19. The number of rotatable bonds is 9. The van der Waals surface area contributed by atoms with Gasteiger partial charge in [0.25, 0.3) is 0 Å². The molecule has 0 spiro atoms. The van der Waals surface area contributed by atoms with E-state index in [-0.39, 0.29) is 11.8 Å². The van der Waals surface area contributed by atoms with E-state index < -0.39 is 0 Å². The van der Waals surface area contributed by atoms with Crippen molar-refractivity contribution in [3.05, 3.63) is 0 Å². The van der Waals surface area contributed by atoms with Gasteiger partial charge in [-0.3, -0.25) is 4.79 Å². The van der Waals surface area contributed by atoms with Crippen molar-refractivity contribution in [3.63, 3.8) is 0 Å². The maximum absolute atomic E-state index is 12.3. The fraction of sp³-hybridized carbons (Fsp3) is 0.941. The molecule has 1 amide bonds. The van der Waals surface area contributed by atoms with Gasteiger partial charge in [-0.2, -0.15) is 0 Å². The summed E-state index contributed by atoms with van der Waals surface area (Å²) >= 11 is 0. The topological polar surface area (TPSA) is 55.1 Å². The number of hydrogen-bond acceptors (Lipinski definition) is 2. The molecule has 3 atom stereocenters. The molecule has 3 unspecified atom stereocenters. The number of unbranched alkanes of at least 4 members (excludes halogenated alkanes) is 3. The average molecular weight is 282 g/mol. The molecule has 3 N–H and O–H groups in total. The number of nitrogens with two attached hydrogens (primary N) is 1. The Balaban J connectivity index is 2.23. The molecule has 3 nitrogen and oxygen atoms in total. The minimum absolute atomic E-state index is 0.235. The minimum Gasteiger partial charge on any atom is -0.353 e. The second-order valence-electron chi connectivity index (χ2n) is 6.57. The molecule has 0 heterocycles. The van der Waals surface area contributed by atoms with Crippen LogP contribution in [0.25, 0.3) is 0 Å². The fourth-order valence-electron chi connectivity index (χ4n) is 3.34. The summed E-state index contributed by atoms with van der Waals surface area (Å²) in [4.78, 5) is 12.3. The third kappa shape index (κ3) is 6.74. The monoisotopic (exact) mass is 282 g/mol. The van der Waals surface area contributed by atoms with Crippen molar-refractivity contribution in [1.29, 1.82) is 0 Å². The fourth-order valence-corrected chi connectivity index (χ4v) is 3.34. The Bertz CT molecular complexity index is 266. The highest BCUT2D eigenvalue weighted by Crippen LogP contribution is 2.31. The zero-order valence-electron chi connectivity index (χ0n) is 13.5. The van der Waals surface area contributed by atoms with Crippen LogP contribution in [0.1, 0.15) is 78.1 Å². The summed E-state index contributed by atoms with van der Waals surface area (Å²) in [5, 5.41) is 3.22. The van der Waals surface area contributed by atoms with Crippen LogP contribution in [0.15, 0.2) is 0 Å². The third-order valence-electron chi connectivity index (χ3n) is 4.61. The van der Waals surface area contributed by atoms with Gasteiger partial charge in [0.1, 0.15) is 0 Å². The second kappa shape index (κ2) is 10.2. The Morgan fingerprint density at radius 1 is 1.30 bits per heavy atom. The van der Waals surface area contributed by atoms with Gasteiger partial charge in [-0.15, -0.1) is 0 Å². The zero-order valence-corrected chi connectivity index (χ0v) is 13.5. The number of hydrogen-bond donors (Lipinski definition) is 2. The molecule has 1 aliphatic rings. The van der Waals surface area contributed by atoms with Crippen LogP contribution in [0.2, 0.25) is 0 Å². The van der Waals surface area contributed by atoms with Crippen molar-refractivity contribution < 1.29 is 4.79 Å². The molecule has 118 valence electrons. The number of carbonyl (C=O) groups is 1. The van der Waals surface area contributed by atoms with Crippen LogP contribution in [-0.2, 0) is 4.79 Å². The summed E-state index contributed by atoms with van der Waals surface area (Å²) in [7, 11) is 0. The Morgan fingerprint density at radius 2 is 2.10 bits per heavy atom. The summed E-state index contributed by atoms with van der Waals surface area (Å²) in [6, 6.07) is 0.328. The van der Waals surface area contributed by atoms with Crippen LogP contribution in [0.5, 0.6) is 0 Å². The van der Waals surface area contributed by atoms with Gasteiger partial charge in [0.2, 0.25) is 5.91 Å². The number of carbonyl (C=O) groups excluding carboxylic acids is 1. The Morgan fingerprint density at radius 3 is 2.80 bits per heavy atom. The zero-order chi connectivity index (χ0) is 14.8. The van der Waals surface area contributed by atoms with Crippen molar-refractivity contribution in [2.24, 2.45) is 17.6 Å². The van der Waals surface area contributed by atoms with Crippen LogP contribution in [-0.4, -0.2) is 18.5 Å². The molecule has 1 rings (SSSR count). The predicted molar refractivity (Wildman–Crippen MR) is 85.5 cm³/mol. The molecule has 0 aliphatic heterocycles. The van der Waals surface area contributed by atoms with Crippen molar-refractivity contribution in [2.75, 3.05) is 6.54 Å². The smallest absolute Gasteiger partial charge is 0.223 e. The molecule has 20 heavy (non-hydrogen) atoms. The first kappa shape index (κ1) is 17.5. The SMILES string of the molecule is CCCCCCC(C)NC(=O)C1CCCC(CCN)C1. The lowest BCUT2D eigenvalue weighted by molar-refractivity contribution is -0.127. The van der Waals surface area contributed by atoms with Crippen molar-refractivity contribution in [2.45, 2.75) is 84.1 Å². The van der Waals surface area contributed by atoms with Gasteiger partial charge < -0.3 is 11.1 Å². The van der Waals surface area contributed by atoms with Gasteiger partial charge in [-0.05, 0) is 45.1 Å². The molecule has 0 aromatic heterocycles. The third-order valence-corrected chi connectivity index (χ3v) is 4.61. The predicted octanol–water partition coefficient (Wildman–Crippen LogP) is 3.62. The lowest BCUT2D eigenvalue weighted by Crippen LogP contribution is -2.39. The van der Waals surface area contributed by atoms with E-state index in [0.717, 1.165) is 32.2 Å². The van der Waals surface area contributed by atoms with Crippen molar-refractivity contribution >= 4 is 5.91 Å². The Labute approximate surface area is 125 Å². The van der Waals surface area contributed by atoms with E-state index in [0.29, 0.717) is 12.0 Å². The van der Waals surface area contributed by atoms with Gasteiger partial charge in [0.15, 0.2) is 0 Å². The van der Waals surface area contributed by atoms with Gasteiger partial charge in [-0.1, -0.05) is 45.4 Å². The van der Waals surface area contributed by atoms with Crippen LogP contribution in [0.4, 0.5) is 0 Å². The Hall–Kier alpha value is -0.570. The molecule has 1 aliphatic carbocycles. The second-order valence-corrected chi connectivity index (χ2v) is 6.57. The normalized spacial score (nSPS) is 24.4. The molecule has 0 aromatic rings. The lowest BCUT2D eigenvalue weighted by Gasteiger charge is -2.29. The summed E-state index contributed by atoms with van der Waals surface area (Å²) < 4.78 is 0. The molecule has 0 saturated heterocycles. The van der Waals surface area contributed by atoms with E-state index in [9.17, 15) is 4.79 Å². The van der Waals surface area contributed by atoms with E-state index in [1.807, 2.05) is 0 Å². The van der Waals surface area contributed by atoms with E-state index in [4.69, 9.17) is 5.73 Å². The standard InChI is InChI=1S/C17H34N2O/c1-3-4-5-6-8-14(2)19-17(20)16-10-7-9-15(13-16)11-12-18/h14-16H,3-13,18H2,1-2H3,(H,19,20). The number of amides is 1.